The number of hydrogen-bond donors (Lipinski definition) is 2. The minimum atomic E-state index is 0.603. The molecule has 0 saturated heterocycles. The van der Waals surface area contributed by atoms with Crippen molar-refractivity contribution in [2.45, 2.75) is 20.3 Å². The van der Waals surface area contributed by atoms with Crippen molar-refractivity contribution in [2.75, 3.05) is 20.1 Å². The summed E-state index contributed by atoms with van der Waals surface area (Å²) in [6, 6.07) is 10.4. The molecule has 0 saturated carbocycles. The lowest BCUT2D eigenvalue weighted by Crippen LogP contribution is -2.39. The van der Waals surface area contributed by atoms with E-state index in [1.54, 1.807) is 7.05 Å². The minimum absolute atomic E-state index is 0.603. The van der Waals surface area contributed by atoms with Crippen LogP contribution >= 0.6 is 0 Å². The third-order valence-electron chi connectivity index (χ3n) is 3.30. The van der Waals surface area contributed by atoms with Gasteiger partial charge >= 0.3 is 0 Å². The molecule has 0 spiro atoms. The lowest BCUT2D eigenvalue weighted by molar-refractivity contribution is 0.614. The van der Waals surface area contributed by atoms with Crippen LogP contribution in [0.4, 0.5) is 0 Å². The first-order valence-corrected chi connectivity index (χ1v) is 7.48. The zero-order valence-electron chi connectivity index (χ0n) is 13.1. The van der Waals surface area contributed by atoms with E-state index in [9.17, 15) is 0 Å². The van der Waals surface area contributed by atoms with Gasteiger partial charge in [0, 0.05) is 31.7 Å². The molecule has 0 unspecified atom stereocenters. The van der Waals surface area contributed by atoms with Crippen LogP contribution in [0.15, 0.2) is 41.5 Å². The van der Waals surface area contributed by atoms with Gasteiger partial charge in [-0.25, -0.2) is 0 Å². The fraction of sp³-hybridized carbons (Fsp3) is 0.412. The Hall–Kier alpha value is -2.10. The summed E-state index contributed by atoms with van der Waals surface area (Å²) in [6.07, 6.45) is 2.78. The first-order valence-electron chi connectivity index (χ1n) is 7.48. The lowest BCUT2D eigenvalue weighted by Gasteiger charge is -2.13. The van der Waals surface area contributed by atoms with Crippen LogP contribution in [0.3, 0.4) is 0 Å². The topological polar surface area (TPSA) is 49.3 Å². The lowest BCUT2D eigenvalue weighted by atomic mass is 10.1. The van der Waals surface area contributed by atoms with Gasteiger partial charge in [-0.15, -0.1) is 0 Å². The Balaban J connectivity index is 1.93. The van der Waals surface area contributed by atoms with Crippen molar-refractivity contribution in [3.63, 3.8) is 0 Å². The number of aromatic nitrogens is 1. The predicted molar refractivity (Wildman–Crippen MR) is 89.6 cm³/mol. The van der Waals surface area contributed by atoms with E-state index in [4.69, 9.17) is 0 Å². The molecule has 0 bridgehead atoms. The summed E-state index contributed by atoms with van der Waals surface area (Å²) in [6.45, 7) is 6.13. The van der Waals surface area contributed by atoms with Crippen LogP contribution in [0.5, 0.6) is 0 Å². The van der Waals surface area contributed by atoms with E-state index in [0.717, 1.165) is 31.0 Å². The molecule has 21 heavy (non-hydrogen) atoms. The van der Waals surface area contributed by atoms with Gasteiger partial charge in [0.2, 0.25) is 0 Å². The zero-order chi connectivity index (χ0) is 15.1. The van der Waals surface area contributed by atoms with Crippen molar-refractivity contribution in [2.24, 2.45) is 10.9 Å². The van der Waals surface area contributed by atoms with Gasteiger partial charge in [0.1, 0.15) is 0 Å². The van der Waals surface area contributed by atoms with Crippen molar-refractivity contribution in [1.29, 1.82) is 0 Å². The fourth-order valence-electron chi connectivity index (χ4n) is 2.21. The van der Waals surface area contributed by atoms with E-state index in [-0.39, 0.29) is 0 Å². The van der Waals surface area contributed by atoms with Gasteiger partial charge in [-0.2, -0.15) is 0 Å². The second-order valence-electron chi connectivity index (χ2n) is 5.52. The number of pyridine rings is 1. The first kappa shape index (κ1) is 15.3. The zero-order valence-corrected chi connectivity index (χ0v) is 13.1. The number of nitrogens with zero attached hydrogens (tertiary/aromatic N) is 2. The number of aliphatic imine (C=N–C) groups is 1. The van der Waals surface area contributed by atoms with E-state index in [2.05, 4.69) is 58.7 Å². The number of hydrogen-bond acceptors (Lipinski definition) is 2. The third-order valence-corrected chi connectivity index (χ3v) is 3.30. The smallest absolute Gasteiger partial charge is 0.190 e. The Kier molecular flexibility index (Phi) is 5.55. The highest BCUT2D eigenvalue weighted by molar-refractivity contribution is 5.82. The van der Waals surface area contributed by atoms with Crippen molar-refractivity contribution in [1.82, 2.24) is 15.6 Å². The molecule has 2 aromatic rings. The number of guanidine groups is 1. The van der Waals surface area contributed by atoms with Gasteiger partial charge in [0.05, 0.1) is 5.52 Å². The largest absolute Gasteiger partial charge is 0.356 e. The highest BCUT2D eigenvalue weighted by Gasteiger charge is 2.03. The summed E-state index contributed by atoms with van der Waals surface area (Å²) in [5, 5.41) is 7.86. The van der Waals surface area contributed by atoms with Crippen LogP contribution in [0.1, 0.15) is 19.4 Å². The molecule has 0 aliphatic rings. The summed E-state index contributed by atoms with van der Waals surface area (Å²) in [7, 11) is 1.80. The molecule has 0 aliphatic carbocycles. The normalized spacial score (nSPS) is 11.9. The van der Waals surface area contributed by atoms with E-state index in [0.29, 0.717) is 5.92 Å². The molecule has 0 atom stereocenters. The number of benzene rings is 1. The second kappa shape index (κ2) is 7.62. The summed E-state index contributed by atoms with van der Waals surface area (Å²) < 4.78 is 0. The maximum Gasteiger partial charge on any atom is 0.190 e. The monoisotopic (exact) mass is 284 g/mol. The van der Waals surface area contributed by atoms with E-state index >= 15 is 0 Å². The average Bonchev–Trinajstić information content (AvgIpc) is 2.50. The predicted octanol–water partition coefficient (Wildman–Crippen LogP) is 2.60. The number of nitrogens with one attached hydrogen (secondary N) is 2. The number of fused-ring (bicyclic) bond motifs is 1. The van der Waals surface area contributed by atoms with E-state index in [1.165, 1.54) is 10.9 Å². The Labute approximate surface area is 126 Å². The molecule has 2 N–H and O–H groups in total. The summed E-state index contributed by atoms with van der Waals surface area (Å²) in [5.74, 6) is 1.46. The van der Waals surface area contributed by atoms with Crippen LogP contribution in [0.25, 0.3) is 10.9 Å². The molecule has 4 heteroatoms. The first-order chi connectivity index (χ1) is 10.2. The third kappa shape index (κ3) is 4.45. The van der Waals surface area contributed by atoms with Gasteiger partial charge in [-0.05, 0) is 24.0 Å². The summed E-state index contributed by atoms with van der Waals surface area (Å²) in [5.41, 5.74) is 2.35. The van der Waals surface area contributed by atoms with Crippen LogP contribution in [0, 0.1) is 5.92 Å². The summed E-state index contributed by atoms with van der Waals surface area (Å²) >= 11 is 0. The van der Waals surface area contributed by atoms with Crippen molar-refractivity contribution < 1.29 is 0 Å². The van der Waals surface area contributed by atoms with Crippen molar-refractivity contribution in [3.8, 4) is 0 Å². The van der Waals surface area contributed by atoms with Crippen LogP contribution in [0.2, 0.25) is 0 Å². The molecule has 1 heterocycles. The maximum absolute atomic E-state index is 4.48. The molecule has 2 rings (SSSR count). The van der Waals surface area contributed by atoms with Crippen molar-refractivity contribution >= 4 is 16.9 Å². The van der Waals surface area contributed by atoms with Gasteiger partial charge < -0.3 is 10.6 Å². The maximum atomic E-state index is 4.48. The van der Waals surface area contributed by atoms with Gasteiger partial charge in [0.25, 0.3) is 0 Å². The Morgan fingerprint density at radius 3 is 2.76 bits per heavy atom. The Morgan fingerprint density at radius 1 is 1.19 bits per heavy atom. The highest BCUT2D eigenvalue weighted by atomic mass is 15.2. The minimum Gasteiger partial charge on any atom is -0.356 e. The molecule has 4 nitrogen and oxygen atoms in total. The molecular weight excluding hydrogens is 260 g/mol. The van der Waals surface area contributed by atoms with E-state index in [1.807, 2.05) is 12.3 Å². The molecular formula is C17H24N4. The van der Waals surface area contributed by atoms with Gasteiger partial charge in [-0.3, -0.25) is 9.98 Å². The molecule has 1 aromatic heterocycles. The highest BCUT2D eigenvalue weighted by Crippen LogP contribution is 2.15. The fourth-order valence-corrected chi connectivity index (χ4v) is 2.21. The molecule has 1 aromatic carbocycles. The summed E-state index contributed by atoms with van der Waals surface area (Å²) in [4.78, 5) is 8.72. The molecule has 0 aliphatic heterocycles. The Bertz CT molecular complexity index is 599. The standard InChI is InChI=1S/C17H24N4/c1-13(2)12-21-17(18-3)20-11-9-15-7-4-6-14-8-5-10-19-16(14)15/h4-8,10,13H,9,11-12H2,1-3H3,(H2,18,20,21). The SMILES string of the molecule is CN=C(NCCc1cccc2cccnc12)NCC(C)C. The molecule has 0 amide bonds. The molecule has 112 valence electrons. The van der Waals surface area contributed by atoms with Gasteiger partial charge in [-0.1, -0.05) is 38.1 Å². The van der Waals surface area contributed by atoms with Crippen LogP contribution < -0.4 is 10.6 Å². The van der Waals surface area contributed by atoms with Crippen molar-refractivity contribution in [3.05, 3.63) is 42.1 Å². The van der Waals surface area contributed by atoms with Crippen LogP contribution in [-0.4, -0.2) is 31.1 Å². The molecule has 0 radical (unpaired) electrons. The van der Waals surface area contributed by atoms with E-state index < -0.39 is 0 Å². The van der Waals surface area contributed by atoms with Gasteiger partial charge in [0.15, 0.2) is 5.96 Å². The van der Waals surface area contributed by atoms with Crippen LogP contribution in [-0.2, 0) is 6.42 Å². The quantitative estimate of drug-likeness (QED) is 0.655. The number of para-hydroxylation sites is 1. The second-order valence-corrected chi connectivity index (χ2v) is 5.52. The Morgan fingerprint density at radius 2 is 2.00 bits per heavy atom. The molecule has 0 fully saturated rings. The average molecular weight is 284 g/mol. The number of rotatable bonds is 5.